The second kappa shape index (κ2) is 8.80. The van der Waals surface area contributed by atoms with E-state index in [4.69, 9.17) is 9.47 Å². The minimum absolute atomic E-state index is 0.254. The number of carbonyl (C=O) groups excluding carboxylic acids is 1. The Kier molecular flexibility index (Phi) is 6.33. The molecular formula is C18H20O3. The molecule has 0 aliphatic rings. The van der Waals surface area contributed by atoms with E-state index in [2.05, 4.69) is 24.3 Å². The second-order valence-electron chi connectivity index (χ2n) is 4.81. The Labute approximate surface area is 125 Å². The lowest BCUT2D eigenvalue weighted by atomic mass is 10.1. The van der Waals surface area contributed by atoms with Crippen LogP contribution in [0.3, 0.4) is 0 Å². The van der Waals surface area contributed by atoms with Crippen molar-refractivity contribution in [3.8, 4) is 5.75 Å². The molecule has 0 spiro atoms. The number of aryl methyl sites for hydroxylation is 1. The monoisotopic (exact) mass is 284 g/mol. The van der Waals surface area contributed by atoms with Crippen molar-refractivity contribution in [1.82, 2.24) is 0 Å². The van der Waals surface area contributed by atoms with Crippen LogP contribution in [0.15, 0.2) is 54.6 Å². The van der Waals surface area contributed by atoms with Gasteiger partial charge in [-0.05, 0) is 30.9 Å². The van der Waals surface area contributed by atoms with Crippen LogP contribution in [-0.2, 0) is 22.6 Å². The number of carbonyl (C=O) groups is 1. The van der Waals surface area contributed by atoms with Crippen molar-refractivity contribution in [1.29, 1.82) is 0 Å². The maximum absolute atomic E-state index is 10.3. The van der Waals surface area contributed by atoms with E-state index in [0.29, 0.717) is 13.1 Å². The lowest BCUT2D eigenvalue weighted by Crippen LogP contribution is -2.02. The van der Waals surface area contributed by atoms with Gasteiger partial charge in [-0.15, -0.1) is 0 Å². The van der Waals surface area contributed by atoms with Crippen LogP contribution < -0.4 is 4.74 Å². The Bertz CT molecular complexity index is 537. The first-order valence-corrected chi connectivity index (χ1v) is 7.20. The van der Waals surface area contributed by atoms with Crippen molar-refractivity contribution in [2.24, 2.45) is 0 Å². The number of para-hydroxylation sites is 1. The van der Waals surface area contributed by atoms with Crippen molar-refractivity contribution in [3.05, 3.63) is 65.7 Å². The molecule has 2 rings (SSSR count). The number of rotatable bonds is 9. The third-order valence-electron chi connectivity index (χ3n) is 3.24. The van der Waals surface area contributed by atoms with Gasteiger partial charge >= 0.3 is 0 Å². The molecule has 2 aromatic rings. The molecule has 0 radical (unpaired) electrons. The fourth-order valence-electron chi connectivity index (χ4n) is 2.15. The highest BCUT2D eigenvalue weighted by molar-refractivity contribution is 5.39. The molecule has 0 unspecified atom stereocenters. The predicted molar refractivity (Wildman–Crippen MR) is 82.2 cm³/mol. The van der Waals surface area contributed by atoms with Gasteiger partial charge in [0.05, 0.1) is 6.61 Å². The molecule has 0 aliphatic carbocycles. The first kappa shape index (κ1) is 15.1. The summed E-state index contributed by atoms with van der Waals surface area (Å²) in [7, 11) is 0. The van der Waals surface area contributed by atoms with Crippen LogP contribution >= 0.6 is 0 Å². The zero-order valence-corrected chi connectivity index (χ0v) is 12.0. The predicted octanol–water partition coefficient (Wildman–Crippen LogP) is 3.76. The van der Waals surface area contributed by atoms with Gasteiger partial charge in [0.2, 0.25) is 0 Å². The highest BCUT2D eigenvalue weighted by atomic mass is 16.5. The van der Waals surface area contributed by atoms with Gasteiger partial charge in [-0.25, -0.2) is 0 Å². The number of hydrogen-bond acceptors (Lipinski definition) is 3. The van der Waals surface area contributed by atoms with Gasteiger partial charge in [-0.1, -0.05) is 48.5 Å². The zero-order valence-electron chi connectivity index (χ0n) is 12.0. The van der Waals surface area contributed by atoms with Crippen LogP contribution in [0.25, 0.3) is 0 Å². The molecule has 3 nitrogen and oxygen atoms in total. The Hall–Kier alpha value is -2.29. The van der Waals surface area contributed by atoms with Gasteiger partial charge in [0, 0.05) is 5.56 Å². The Balaban J connectivity index is 1.72. The SMILES string of the molecule is O=COCc1ccccc1OCCCCc1ccccc1. The summed E-state index contributed by atoms with van der Waals surface area (Å²) in [5.74, 6) is 0.791. The number of unbranched alkanes of at least 4 members (excludes halogenated alkanes) is 1. The molecule has 0 aliphatic heterocycles. The Morgan fingerprint density at radius 1 is 0.905 bits per heavy atom. The lowest BCUT2D eigenvalue weighted by Gasteiger charge is -2.10. The third-order valence-corrected chi connectivity index (χ3v) is 3.24. The van der Waals surface area contributed by atoms with Crippen LogP contribution in [0.4, 0.5) is 0 Å². The average molecular weight is 284 g/mol. The first-order chi connectivity index (χ1) is 10.4. The summed E-state index contributed by atoms with van der Waals surface area (Å²) in [6.07, 6.45) is 3.16. The van der Waals surface area contributed by atoms with E-state index in [1.54, 1.807) is 0 Å². The average Bonchev–Trinajstić information content (AvgIpc) is 2.54. The van der Waals surface area contributed by atoms with Gasteiger partial charge in [0.15, 0.2) is 0 Å². The van der Waals surface area contributed by atoms with E-state index < -0.39 is 0 Å². The topological polar surface area (TPSA) is 35.5 Å². The van der Waals surface area contributed by atoms with Crippen molar-refractivity contribution < 1.29 is 14.3 Å². The summed E-state index contributed by atoms with van der Waals surface area (Å²) in [6.45, 7) is 1.38. The van der Waals surface area contributed by atoms with Crippen molar-refractivity contribution >= 4 is 6.47 Å². The minimum Gasteiger partial charge on any atom is -0.493 e. The third kappa shape index (κ3) is 5.30. The van der Waals surface area contributed by atoms with Gasteiger partial charge in [0.1, 0.15) is 12.4 Å². The summed E-state index contributed by atoms with van der Waals surface area (Å²) < 4.78 is 10.6. The molecule has 0 fully saturated rings. The molecule has 0 N–H and O–H groups in total. The summed E-state index contributed by atoms with van der Waals surface area (Å²) in [4.78, 5) is 10.3. The lowest BCUT2D eigenvalue weighted by molar-refractivity contribution is -0.129. The Morgan fingerprint density at radius 2 is 1.67 bits per heavy atom. The van der Waals surface area contributed by atoms with Crippen molar-refractivity contribution in [3.63, 3.8) is 0 Å². The minimum atomic E-state index is 0.254. The quantitative estimate of drug-likeness (QED) is 0.519. The molecule has 0 saturated carbocycles. The summed E-state index contributed by atoms with van der Waals surface area (Å²) >= 11 is 0. The standard InChI is InChI=1S/C18H20O3/c19-15-20-14-17-11-4-5-12-18(17)21-13-7-6-10-16-8-2-1-3-9-16/h1-5,8-9,11-12,15H,6-7,10,13-14H2. The van der Waals surface area contributed by atoms with Crippen LogP contribution in [0.5, 0.6) is 5.75 Å². The molecule has 0 heterocycles. The van der Waals surface area contributed by atoms with Gasteiger partial charge in [0.25, 0.3) is 6.47 Å². The summed E-state index contributed by atoms with van der Waals surface area (Å²) in [5.41, 5.74) is 2.25. The number of ether oxygens (including phenoxy) is 2. The molecule has 110 valence electrons. The van der Waals surface area contributed by atoms with E-state index in [-0.39, 0.29) is 6.61 Å². The summed E-state index contributed by atoms with van der Waals surface area (Å²) in [5, 5.41) is 0. The molecule has 21 heavy (non-hydrogen) atoms. The summed E-state index contributed by atoms with van der Waals surface area (Å²) in [6, 6.07) is 18.1. The van der Waals surface area contributed by atoms with Gasteiger partial charge < -0.3 is 9.47 Å². The van der Waals surface area contributed by atoms with Gasteiger partial charge in [-0.3, -0.25) is 4.79 Å². The molecule has 2 aromatic carbocycles. The van der Waals surface area contributed by atoms with Gasteiger partial charge in [-0.2, -0.15) is 0 Å². The number of hydrogen-bond donors (Lipinski definition) is 0. The van der Waals surface area contributed by atoms with E-state index in [0.717, 1.165) is 30.6 Å². The van der Waals surface area contributed by atoms with E-state index in [1.807, 2.05) is 30.3 Å². The van der Waals surface area contributed by atoms with Crippen molar-refractivity contribution in [2.45, 2.75) is 25.9 Å². The first-order valence-electron chi connectivity index (χ1n) is 7.20. The van der Waals surface area contributed by atoms with E-state index in [9.17, 15) is 4.79 Å². The fraction of sp³-hybridized carbons (Fsp3) is 0.278. The highest BCUT2D eigenvalue weighted by Crippen LogP contribution is 2.19. The zero-order chi connectivity index (χ0) is 14.8. The maximum Gasteiger partial charge on any atom is 0.293 e. The highest BCUT2D eigenvalue weighted by Gasteiger charge is 2.03. The van der Waals surface area contributed by atoms with Crippen LogP contribution in [0.1, 0.15) is 24.0 Å². The fourth-order valence-corrected chi connectivity index (χ4v) is 2.15. The molecule has 3 heteroatoms. The smallest absolute Gasteiger partial charge is 0.293 e. The molecule has 0 atom stereocenters. The number of benzene rings is 2. The molecule has 0 saturated heterocycles. The van der Waals surface area contributed by atoms with Crippen LogP contribution in [0.2, 0.25) is 0 Å². The molecule has 0 amide bonds. The largest absolute Gasteiger partial charge is 0.493 e. The second-order valence-corrected chi connectivity index (χ2v) is 4.81. The van der Waals surface area contributed by atoms with E-state index >= 15 is 0 Å². The molecule has 0 bridgehead atoms. The van der Waals surface area contributed by atoms with Crippen LogP contribution in [-0.4, -0.2) is 13.1 Å². The van der Waals surface area contributed by atoms with E-state index in [1.165, 1.54) is 5.56 Å². The maximum atomic E-state index is 10.3. The van der Waals surface area contributed by atoms with Crippen molar-refractivity contribution in [2.75, 3.05) is 6.61 Å². The molecular weight excluding hydrogens is 264 g/mol. The normalized spacial score (nSPS) is 10.1. The molecule has 0 aromatic heterocycles. The van der Waals surface area contributed by atoms with Crippen LogP contribution in [0, 0.1) is 0 Å². The Morgan fingerprint density at radius 3 is 2.48 bits per heavy atom.